The number of rotatable bonds is 21. The molecule has 0 saturated carbocycles. The molecule has 0 aromatic heterocycles. The van der Waals surface area contributed by atoms with Crippen molar-refractivity contribution in [1.29, 1.82) is 0 Å². The molecule has 3 aliphatic rings. The summed E-state index contributed by atoms with van der Waals surface area (Å²) in [5.41, 5.74) is -4.56. The first-order chi connectivity index (χ1) is 38.1. The van der Waals surface area contributed by atoms with Gasteiger partial charge in [0.25, 0.3) is 0 Å². The number of aliphatic hydroxyl groups excluding tert-OH is 1. The molecule has 5 rings (SSSR count). The van der Waals surface area contributed by atoms with Gasteiger partial charge in [0.05, 0.1) is 47.6 Å². The Morgan fingerprint density at radius 3 is 1.94 bits per heavy atom. The number of alkyl carbamates (subject to hydrolysis) is 1. The average Bonchev–Trinajstić information content (AvgIpc) is 3.57. The van der Waals surface area contributed by atoms with E-state index < -0.39 is 115 Å². The summed E-state index contributed by atoms with van der Waals surface area (Å²) >= 11 is 0. The molecule has 0 bridgehead atoms. The van der Waals surface area contributed by atoms with E-state index in [1.54, 1.807) is 27.7 Å². The number of nitrogens with zero attached hydrogens (tertiary/aromatic N) is 2. The number of likely N-dealkylation sites (N-methyl/N-ethyl adjacent to an activating group) is 2. The summed E-state index contributed by atoms with van der Waals surface area (Å²) in [5.74, 6) is -3.78. The molecule has 16 nitrogen and oxygen atoms in total. The van der Waals surface area contributed by atoms with Gasteiger partial charge >= 0.3 is 173 Å². The van der Waals surface area contributed by atoms with Crippen LogP contribution < -0.4 is 15.9 Å². The summed E-state index contributed by atoms with van der Waals surface area (Å²) in [6.45, 7) is 22.8. The number of hydrogen-bond acceptors (Lipinski definition) is 15. The molecule has 3 fully saturated rings. The number of methoxy groups -OCH3 is 1. The molecule has 3 aliphatic heterocycles. The van der Waals surface area contributed by atoms with Crippen molar-refractivity contribution < 1.29 is 62.9 Å². The van der Waals surface area contributed by atoms with Crippen LogP contribution in [0.25, 0.3) is 0 Å². The number of benzene rings is 2. The zero-order valence-electron chi connectivity index (χ0n) is 52.4. The molecule has 1 unspecified atom stereocenters. The second-order valence-electron chi connectivity index (χ2n) is 25.8. The SMILES string of the molecule is CC[C@H]1OC(=O)[C@H](C)[C@@H](C2C[C@@](C)(OC)[C@@H](O)[C@H](C)O2)[C@H](C)[C@@H](O[C@@H]2O[C@H](C)C[C@H](N(C)C)[C@H]2OC(C)=O)[C@](C)(O)C[C@@H](C)CN(C)[C@H](C)[C@@H](OC(=O)NCCCCCCCCCC[PH](C)(c2ccccc2)c2ccccc2)[C@]1(C)O. The van der Waals surface area contributed by atoms with Crippen molar-refractivity contribution in [2.75, 3.05) is 54.2 Å². The normalized spacial score (nSPS) is 36.2. The molecule has 0 spiro atoms. The minimum absolute atomic E-state index is 0.178. The number of esters is 2. The van der Waals surface area contributed by atoms with Crippen LogP contribution in [0.3, 0.4) is 0 Å². The first-order valence-corrected chi connectivity index (χ1v) is 33.3. The van der Waals surface area contributed by atoms with Crippen molar-refractivity contribution in [3.63, 3.8) is 0 Å². The van der Waals surface area contributed by atoms with Gasteiger partial charge < -0.3 is 53.4 Å². The Morgan fingerprint density at radius 2 is 1.40 bits per heavy atom. The molecular weight excluding hydrogens is 1050 g/mol. The number of unbranched alkanes of at least 4 members (excludes halogenated alkanes) is 7. The monoisotopic (exact) mass is 1160 g/mol. The second kappa shape index (κ2) is 30.7. The van der Waals surface area contributed by atoms with Gasteiger partial charge in [0.2, 0.25) is 0 Å². The number of hydrogen-bond donors (Lipinski definition) is 4. The fraction of sp³-hybridized carbons (Fsp3) is 0.766. The van der Waals surface area contributed by atoms with E-state index in [4.69, 9.17) is 33.2 Å². The molecule has 81 heavy (non-hydrogen) atoms. The number of nitrogens with one attached hydrogen (secondary N) is 1. The third-order valence-corrected chi connectivity index (χ3v) is 23.3. The summed E-state index contributed by atoms with van der Waals surface area (Å²) in [7, 11) is 5.42. The quantitative estimate of drug-likeness (QED) is 0.0401. The van der Waals surface area contributed by atoms with Crippen molar-refractivity contribution in [1.82, 2.24) is 15.1 Å². The van der Waals surface area contributed by atoms with Gasteiger partial charge in [0.1, 0.15) is 17.8 Å². The molecule has 18 atom stereocenters. The van der Waals surface area contributed by atoms with Gasteiger partial charge in [-0.2, -0.15) is 0 Å². The Balaban J connectivity index is 1.32. The fourth-order valence-corrected chi connectivity index (χ4v) is 17.6. The summed E-state index contributed by atoms with van der Waals surface area (Å²) in [6, 6.07) is 21.2. The fourth-order valence-electron chi connectivity index (χ4n) is 13.9. The zero-order chi connectivity index (χ0) is 60.0. The van der Waals surface area contributed by atoms with Gasteiger partial charge in [-0.3, -0.25) is 14.5 Å². The van der Waals surface area contributed by atoms with Crippen LogP contribution in [0.2, 0.25) is 0 Å². The van der Waals surface area contributed by atoms with E-state index in [1.165, 1.54) is 56.5 Å². The first kappa shape index (κ1) is 68.5. The third-order valence-electron chi connectivity index (χ3n) is 18.7. The van der Waals surface area contributed by atoms with Crippen molar-refractivity contribution in [2.45, 2.75) is 237 Å². The Kier molecular flexibility index (Phi) is 26.0. The maximum absolute atomic E-state index is 15.1. The molecule has 1 amide bonds. The molecule has 0 radical (unpaired) electrons. The topological polar surface area (TPSA) is 195 Å². The maximum atomic E-state index is 15.1. The van der Waals surface area contributed by atoms with Gasteiger partial charge in [0, 0.05) is 39.0 Å². The number of amides is 1. The first-order valence-electron chi connectivity index (χ1n) is 30.6. The van der Waals surface area contributed by atoms with Crippen molar-refractivity contribution >= 4 is 35.9 Å². The van der Waals surface area contributed by atoms with Crippen molar-refractivity contribution in [3.05, 3.63) is 60.7 Å². The molecule has 2 aromatic rings. The van der Waals surface area contributed by atoms with Crippen LogP contribution >= 0.6 is 7.26 Å². The molecule has 0 aliphatic carbocycles. The number of carbonyl (C=O) groups is 3. The predicted molar refractivity (Wildman–Crippen MR) is 323 cm³/mol. The Hall–Kier alpha value is -3.28. The van der Waals surface area contributed by atoms with Crippen LogP contribution in [0.5, 0.6) is 0 Å². The minimum Gasteiger partial charge on any atom is -0.382 e. The predicted octanol–water partition coefficient (Wildman–Crippen LogP) is 8.63. The number of aliphatic hydroxyl groups is 3. The largest absolute Gasteiger partial charge is 0.382 e. The number of carbonyl (C=O) groups excluding carboxylic acids is 3. The van der Waals surface area contributed by atoms with Crippen LogP contribution in [0.15, 0.2) is 60.7 Å². The van der Waals surface area contributed by atoms with Crippen LogP contribution in [0.1, 0.15) is 153 Å². The van der Waals surface area contributed by atoms with E-state index in [1.807, 2.05) is 72.5 Å². The third kappa shape index (κ3) is 17.9. The van der Waals surface area contributed by atoms with Gasteiger partial charge in [-0.25, -0.2) is 4.79 Å². The van der Waals surface area contributed by atoms with E-state index in [2.05, 4.69) is 72.6 Å². The average molecular weight is 1160 g/mol. The minimum atomic E-state index is -1.88. The summed E-state index contributed by atoms with van der Waals surface area (Å²) in [5, 5.41) is 43.2. The number of cyclic esters (lactones) is 1. The van der Waals surface area contributed by atoms with E-state index in [0.29, 0.717) is 19.5 Å². The van der Waals surface area contributed by atoms with Crippen LogP contribution in [-0.4, -0.2) is 181 Å². The second-order valence-corrected chi connectivity index (χ2v) is 30.1. The molecule has 3 saturated heterocycles. The van der Waals surface area contributed by atoms with E-state index in [9.17, 15) is 24.9 Å². The van der Waals surface area contributed by atoms with E-state index in [0.717, 1.165) is 25.7 Å². The van der Waals surface area contributed by atoms with Crippen LogP contribution in [0.4, 0.5) is 4.79 Å². The van der Waals surface area contributed by atoms with Crippen molar-refractivity contribution in [2.24, 2.45) is 23.7 Å². The summed E-state index contributed by atoms with van der Waals surface area (Å²) in [6.07, 6.45) is 2.33. The maximum Gasteiger partial charge on any atom is 0.137 e. The Bertz CT molecular complexity index is 2190. The van der Waals surface area contributed by atoms with Gasteiger partial charge in [-0.15, -0.1) is 0 Å². The van der Waals surface area contributed by atoms with Gasteiger partial charge in [-0.1, -0.05) is 27.7 Å². The van der Waals surface area contributed by atoms with Gasteiger partial charge in [0.15, 0.2) is 18.5 Å². The van der Waals surface area contributed by atoms with E-state index >= 15 is 4.79 Å². The van der Waals surface area contributed by atoms with E-state index in [-0.39, 0.29) is 37.3 Å². The summed E-state index contributed by atoms with van der Waals surface area (Å²) in [4.78, 5) is 45.6. The molecule has 3 heterocycles. The zero-order valence-corrected chi connectivity index (χ0v) is 53.4. The van der Waals surface area contributed by atoms with Crippen molar-refractivity contribution in [3.8, 4) is 0 Å². The van der Waals surface area contributed by atoms with Gasteiger partial charge in [-0.05, 0) is 93.8 Å². The molecule has 17 heteroatoms. The standard InChI is InChI=1S/C64H108N3O13P/c1-17-53-64(11,73)58(80-61(71)65-36-30-22-20-18-19-21-23-31-37-81(16,49-32-26-24-27-33-49)50-34-28-25-29-35-50)46(6)67(14)41-42(2)39-62(9,72)57(79-60-55(77-48(8)68)51(66(12)13)38-43(3)75-60)44(4)54(45(5)59(70)78-53)52-40-63(10,74-15)56(69)47(7)76-52/h24-29,32-35,42-47,51-58,60,69,72-73,81H,17-23,30-31,36-41H2,1-16H3,(H,65,71)/t42-,43-,44+,45-,46-,47+,51+,52?,53-,54+,55-,56+,57-,58-,60+,62-,63-,64-/m1/s1. The van der Waals surface area contributed by atoms with Crippen LogP contribution in [0, 0.1) is 23.7 Å². The van der Waals surface area contributed by atoms with Crippen LogP contribution in [-0.2, 0) is 42.7 Å². The molecule has 2 aromatic carbocycles. The molecule has 4 N–H and O–H groups in total. The molecular formula is C64H108N3O13P. The molecule has 462 valence electrons. The Morgan fingerprint density at radius 1 is 0.827 bits per heavy atom. The summed E-state index contributed by atoms with van der Waals surface area (Å²) < 4.78 is 45.0. The Labute approximate surface area is 487 Å². The number of ether oxygens (including phenoxy) is 7. The smallest absolute Gasteiger partial charge is 0.137 e.